The number of nitrogens with zero attached hydrogens (tertiary/aromatic N) is 6. The molecule has 1 unspecified atom stereocenters. The van der Waals surface area contributed by atoms with Gasteiger partial charge in [-0.3, -0.25) is 9.88 Å². The van der Waals surface area contributed by atoms with E-state index in [0.29, 0.717) is 41.2 Å². The largest absolute Gasteiger partial charge is 0.442 e. The number of pyridine rings is 1. The Labute approximate surface area is 188 Å². The summed E-state index contributed by atoms with van der Waals surface area (Å²) in [5, 5.41) is 21.0. The predicted molar refractivity (Wildman–Crippen MR) is 115 cm³/mol. The fourth-order valence-electron chi connectivity index (χ4n) is 3.83. The minimum absolute atomic E-state index is 0.117. The van der Waals surface area contributed by atoms with Crippen LogP contribution in [0.5, 0.6) is 0 Å². The minimum atomic E-state index is -0.532. The van der Waals surface area contributed by atoms with Crippen molar-refractivity contribution in [1.29, 1.82) is 0 Å². The Morgan fingerprint density at radius 2 is 2.12 bits per heavy atom. The zero-order valence-corrected chi connectivity index (χ0v) is 17.8. The molecule has 2 aliphatic heterocycles. The number of aliphatic hydroxyl groups is 1. The fraction of sp³-hybridized carbons (Fsp3) is 0.318. The first kappa shape index (κ1) is 21.0. The van der Waals surface area contributed by atoms with Gasteiger partial charge in [0.1, 0.15) is 17.6 Å². The van der Waals surface area contributed by atoms with E-state index in [9.17, 15) is 9.18 Å². The summed E-state index contributed by atoms with van der Waals surface area (Å²) in [6, 6.07) is 8.08. The second-order valence-corrected chi connectivity index (χ2v) is 7.95. The van der Waals surface area contributed by atoms with Crippen LogP contribution >= 0.6 is 0 Å². The lowest BCUT2D eigenvalue weighted by molar-refractivity contribution is 0.0390. The van der Waals surface area contributed by atoms with Gasteiger partial charge in [0, 0.05) is 29.9 Å². The average Bonchev–Trinajstić information content (AvgIpc) is 3.54. The van der Waals surface area contributed by atoms with Crippen molar-refractivity contribution in [1.82, 2.24) is 20.0 Å². The first-order valence-electron chi connectivity index (χ1n) is 10.4. The van der Waals surface area contributed by atoms with Gasteiger partial charge < -0.3 is 14.7 Å². The summed E-state index contributed by atoms with van der Waals surface area (Å²) in [7, 11) is 0. The molecular weight excluding hydrogens is 431 g/mol. The third kappa shape index (κ3) is 4.27. The van der Waals surface area contributed by atoms with E-state index in [4.69, 9.17) is 14.7 Å². The van der Waals surface area contributed by atoms with Crippen molar-refractivity contribution < 1.29 is 23.9 Å². The number of oxime groups is 1. The van der Waals surface area contributed by atoms with Crippen molar-refractivity contribution >= 4 is 17.5 Å². The van der Waals surface area contributed by atoms with Crippen molar-refractivity contribution in [2.75, 3.05) is 18.1 Å². The normalized spacial score (nSPS) is 20.0. The van der Waals surface area contributed by atoms with Gasteiger partial charge in [-0.25, -0.2) is 13.9 Å². The maximum absolute atomic E-state index is 15.0. The summed E-state index contributed by atoms with van der Waals surface area (Å²) in [6.45, 7) is 2.37. The fourth-order valence-corrected chi connectivity index (χ4v) is 3.83. The molecule has 0 spiro atoms. The molecule has 1 fully saturated rings. The van der Waals surface area contributed by atoms with Crippen LogP contribution in [0.3, 0.4) is 0 Å². The molecule has 3 aromatic rings. The molecule has 10 nitrogen and oxygen atoms in total. The molecule has 1 N–H and O–H groups in total. The highest BCUT2D eigenvalue weighted by Crippen LogP contribution is 2.29. The SMILES string of the molecule is Cc1cn(C[C@H]2CN(c3ccc(-c4ccc(C5=NOC(CO)C5)nc4)c(F)c3)C(=O)O2)nn1. The van der Waals surface area contributed by atoms with E-state index in [1.165, 1.54) is 11.0 Å². The lowest BCUT2D eigenvalue weighted by Gasteiger charge is -2.14. The number of ether oxygens (including phenoxy) is 1. The van der Waals surface area contributed by atoms with Gasteiger partial charge in [-0.05, 0) is 31.2 Å². The number of aromatic nitrogens is 4. The molecule has 2 aromatic heterocycles. The second kappa shape index (κ2) is 8.58. The zero-order chi connectivity index (χ0) is 22.9. The van der Waals surface area contributed by atoms with E-state index < -0.39 is 18.0 Å². The summed E-state index contributed by atoms with van der Waals surface area (Å²) in [4.78, 5) is 23.2. The van der Waals surface area contributed by atoms with Crippen molar-refractivity contribution in [3.8, 4) is 11.1 Å². The van der Waals surface area contributed by atoms with E-state index in [0.717, 1.165) is 5.69 Å². The molecule has 33 heavy (non-hydrogen) atoms. The van der Waals surface area contributed by atoms with Gasteiger partial charge in [0.15, 0.2) is 6.10 Å². The third-order valence-electron chi connectivity index (χ3n) is 5.49. The molecule has 0 bridgehead atoms. The standard InChI is InChI=1S/C22H21FN6O4/c1-13-9-28(27-25-13)10-17-11-29(22(31)32-17)15-3-4-18(19(23)6-15)14-2-5-20(24-8-14)21-7-16(12-30)33-26-21/h2-6,8-9,16-17,30H,7,10-12H2,1H3/t16?,17-/m0/s1. The monoisotopic (exact) mass is 452 g/mol. The Morgan fingerprint density at radius 1 is 1.24 bits per heavy atom. The second-order valence-electron chi connectivity index (χ2n) is 7.95. The zero-order valence-electron chi connectivity index (χ0n) is 17.8. The number of hydrogen-bond acceptors (Lipinski definition) is 8. The Bertz CT molecular complexity index is 1210. The maximum Gasteiger partial charge on any atom is 0.414 e. The van der Waals surface area contributed by atoms with Crippen molar-refractivity contribution in [3.63, 3.8) is 0 Å². The summed E-state index contributed by atoms with van der Waals surface area (Å²) < 4.78 is 22.0. The van der Waals surface area contributed by atoms with Gasteiger partial charge >= 0.3 is 6.09 Å². The number of carbonyl (C=O) groups is 1. The molecule has 0 aliphatic carbocycles. The van der Waals surface area contributed by atoms with E-state index in [1.54, 1.807) is 41.3 Å². The van der Waals surface area contributed by atoms with Crippen LogP contribution in [-0.2, 0) is 16.1 Å². The number of hydrogen-bond donors (Lipinski definition) is 1. The molecule has 0 saturated carbocycles. The van der Waals surface area contributed by atoms with E-state index in [2.05, 4.69) is 20.5 Å². The van der Waals surface area contributed by atoms with Gasteiger partial charge in [-0.1, -0.05) is 16.4 Å². The average molecular weight is 452 g/mol. The van der Waals surface area contributed by atoms with Crippen molar-refractivity contribution in [2.45, 2.75) is 32.1 Å². The topological polar surface area (TPSA) is 115 Å². The molecule has 0 radical (unpaired) electrons. The van der Waals surface area contributed by atoms with Crippen LogP contribution in [0.2, 0.25) is 0 Å². The molecule has 2 aliphatic rings. The number of rotatable bonds is 6. The number of aryl methyl sites for hydroxylation is 1. The summed E-state index contributed by atoms with van der Waals surface area (Å²) in [5.41, 5.74) is 3.38. The molecule has 1 saturated heterocycles. The number of aliphatic hydroxyl groups excluding tert-OH is 1. The van der Waals surface area contributed by atoms with Gasteiger partial charge in [0.2, 0.25) is 0 Å². The van der Waals surface area contributed by atoms with E-state index >= 15 is 0 Å². The molecule has 5 rings (SSSR count). The minimum Gasteiger partial charge on any atom is -0.442 e. The molecule has 1 aromatic carbocycles. The van der Waals surface area contributed by atoms with Crippen molar-refractivity contribution in [2.24, 2.45) is 5.16 Å². The van der Waals surface area contributed by atoms with Crippen molar-refractivity contribution in [3.05, 3.63) is 59.9 Å². The van der Waals surface area contributed by atoms with Gasteiger partial charge in [-0.15, -0.1) is 5.10 Å². The molecule has 2 atom stereocenters. The maximum atomic E-state index is 15.0. The Balaban J connectivity index is 1.29. The summed E-state index contributed by atoms with van der Waals surface area (Å²) >= 11 is 0. The highest BCUT2D eigenvalue weighted by molar-refractivity contribution is 5.99. The van der Waals surface area contributed by atoms with E-state index in [1.807, 2.05) is 6.92 Å². The highest BCUT2D eigenvalue weighted by Gasteiger charge is 2.33. The quantitative estimate of drug-likeness (QED) is 0.610. The van der Waals surface area contributed by atoms with Crippen LogP contribution in [-0.4, -0.2) is 62.2 Å². The van der Waals surface area contributed by atoms with Gasteiger partial charge in [0.05, 0.1) is 36.8 Å². The van der Waals surface area contributed by atoms with Crippen LogP contribution in [0, 0.1) is 12.7 Å². The number of halogens is 1. The molecule has 1 amide bonds. The lowest BCUT2D eigenvalue weighted by atomic mass is 10.0. The smallest absolute Gasteiger partial charge is 0.414 e. The number of amides is 1. The number of anilines is 1. The first-order valence-corrected chi connectivity index (χ1v) is 10.4. The molecule has 11 heteroatoms. The van der Waals surface area contributed by atoms with Crippen LogP contribution in [0.1, 0.15) is 17.8 Å². The Kier molecular flexibility index (Phi) is 5.47. The number of benzene rings is 1. The predicted octanol–water partition coefficient (Wildman–Crippen LogP) is 2.30. The number of cyclic esters (lactones) is 1. The first-order chi connectivity index (χ1) is 16.0. The van der Waals surface area contributed by atoms with Gasteiger partial charge in [-0.2, -0.15) is 0 Å². The lowest BCUT2D eigenvalue weighted by Crippen LogP contribution is -2.26. The van der Waals surface area contributed by atoms with Crippen LogP contribution in [0.15, 0.2) is 47.9 Å². The molecule has 4 heterocycles. The van der Waals surface area contributed by atoms with Gasteiger partial charge in [0.25, 0.3) is 0 Å². The highest BCUT2D eigenvalue weighted by atomic mass is 19.1. The Hall–Kier alpha value is -3.86. The molecular formula is C22H21FN6O4. The Morgan fingerprint density at radius 3 is 2.79 bits per heavy atom. The van der Waals surface area contributed by atoms with Crippen LogP contribution in [0.25, 0.3) is 11.1 Å². The van der Waals surface area contributed by atoms with Crippen LogP contribution < -0.4 is 4.90 Å². The summed E-state index contributed by atoms with van der Waals surface area (Å²) in [5.74, 6) is -0.480. The molecule has 170 valence electrons. The van der Waals surface area contributed by atoms with E-state index in [-0.39, 0.29) is 19.3 Å². The third-order valence-corrected chi connectivity index (χ3v) is 5.49. The number of carbonyl (C=O) groups excluding carboxylic acids is 1. The summed E-state index contributed by atoms with van der Waals surface area (Å²) in [6.07, 6.45) is 2.49. The van der Waals surface area contributed by atoms with Crippen LogP contribution in [0.4, 0.5) is 14.9 Å².